The van der Waals surface area contributed by atoms with Crippen LogP contribution in [-0.4, -0.2) is 30.5 Å². The molecule has 19 heavy (non-hydrogen) atoms. The van der Waals surface area contributed by atoms with Crippen molar-refractivity contribution in [3.05, 3.63) is 11.1 Å². The summed E-state index contributed by atoms with van der Waals surface area (Å²) in [5.41, 5.74) is -1.04. The normalized spacial score (nSPS) is 19.9. The van der Waals surface area contributed by atoms with Crippen molar-refractivity contribution in [1.82, 2.24) is 4.98 Å². The second-order valence-electron chi connectivity index (χ2n) is 3.94. The molecule has 2 heterocycles. The molecule has 0 radical (unpaired) electrons. The first-order valence-corrected chi connectivity index (χ1v) is 6.12. The lowest BCUT2D eigenvalue weighted by Crippen LogP contribution is -2.26. The molecule has 1 aliphatic heterocycles. The van der Waals surface area contributed by atoms with E-state index in [4.69, 9.17) is 0 Å². The molecule has 1 fully saturated rings. The summed E-state index contributed by atoms with van der Waals surface area (Å²) in [7, 11) is 1.20. The van der Waals surface area contributed by atoms with Crippen LogP contribution in [0.25, 0.3) is 0 Å². The predicted octanol–water partition coefficient (Wildman–Crippen LogP) is 1.69. The molecule has 0 saturated carbocycles. The molecular formula is C10H9F3N2O3S. The van der Waals surface area contributed by atoms with Crippen LogP contribution in [0.2, 0.25) is 0 Å². The monoisotopic (exact) mass is 294 g/mol. The van der Waals surface area contributed by atoms with Crippen LogP contribution >= 0.6 is 11.3 Å². The Morgan fingerprint density at radius 2 is 2.26 bits per heavy atom. The highest BCUT2D eigenvalue weighted by atomic mass is 32.1. The van der Waals surface area contributed by atoms with Crippen LogP contribution in [0.5, 0.6) is 0 Å². The largest absolute Gasteiger partial charge is 0.469 e. The molecule has 1 aromatic heterocycles. The van der Waals surface area contributed by atoms with Gasteiger partial charge < -0.3 is 4.74 Å². The molecule has 1 unspecified atom stereocenters. The molecule has 2 rings (SSSR count). The number of methoxy groups -OCH3 is 1. The van der Waals surface area contributed by atoms with E-state index in [1.54, 1.807) is 0 Å². The van der Waals surface area contributed by atoms with Gasteiger partial charge >= 0.3 is 12.1 Å². The average Bonchev–Trinajstić information content (AvgIpc) is 2.93. The Hall–Kier alpha value is -1.64. The summed E-state index contributed by atoms with van der Waals surface area (Å²) < 4.78 is 41.7. The van der Waals surface area contributed by atoms with E-state index in [1.165, 1.54) is 7.11 Å². The number of halogens is 3. The number of esters is 1. The van der Waals surface area contributed by atoms with Crippen LogP contribution in [0.3, 0.4) is 0 Å². The van der Waals surface area contributed by atoms with Crippen molar-refractivity contribution in [1.29, 1.82) is 0 Å². The van der Waals surface area contributed by atoms with Gasteiger partial charge in [-0.3, -0.25) is 14.5 Å². The Bertz CT molecular complexity index is 514. The average molecular weight is 294 g/mol. The minimum Gasteiger partial charge on any atom is -0.469 e. The van der Waals surface area contributed by atoms with E-state index in [9.17, 15) is 22.8 Å². The number of carbonyl (C=O) groups excluding carboxylic acids is 2. The maximum absolute atomic E-state index is 12.4. The van der Waals surface area contributed by atoms with Crippen molar-refractivity contribution in [2.45, 2.75) is 12.6 Å². The van der Waals surface area contributed by atoms with Crippen molar-refractivity contribution in [2.24, 2.45) is 5.92 Å². The summed E-state index contributed by atoms with van der Waals surface area (Å²) >= 11 is 0.721. The van der Waals surface area contributed by atoms with E-state index >= 15 is 0 Å². The second-order valence-corrected chi connectivity index (χ2v) is 4.78. The van der Waals surface area contributed by atoms with Gasteiger partial charge in [-0.25, -0.2) is 4.98 Å². The van der Waals surface area contributed by atoms with Crippen LogP contribution in [-0.2, 0) is 20.5 Å². The first kappa shape index (κ1) is 13.8. The number of thiazole rings is 1. The quantitative estimate of drug-likeness (QED) is 0.779. The third-order valence-corrected chi connectivity index (χ3v) is 3.54. The van der Waals surface area contributed by atoms with Gasteiger partial charge in [-0.05, 0) is 0 Å². The van der Waals surface area contributed by atoms with Crippen molar-refractivity contribution in [3.8, 4) is 0 Å². The Morgan fingerprint density at radius 3 is 2.79 bits per heavy atom. The zero-order valence-corrected chi connectivity index (χ0v) is 10.5. The number of aromatic nitrogens is 1. The Labute approximate surface area is 110 Å². The molecule has 9 heteroatoms. The summed E-state index contributed by atoms with van der Waals surface area (Å²) in [6.45, 7) is -0.00365. The van der Waals surface area contributed by atoms with E-state index in [0.29, 0.717) is 0 Å². The van der Waals surface area contributed by atoms with Crippen LogP contribution in [0, 0.1) is 5.92 Å². The van der Waals surface area contributed by atoms with Crippen molar-refractivity contribution >= 4 is 28.3 Å². The summed E-state index contributed by atoms with van der Waals surface area (Å²) in [4.78, 5) is 27.4. The standard InChI is InChI=1S/C10H9F3N2O3S/c1-18-8(17)5-2-7(16)15(3-5)9-14-6(4-19-9)10(11,12)13/h4-5H,2-3H2,1H3. The number of anilines is 1. The second kappa shape index (κ2) is 4.80. The molecule has 0 bridgehead atoms. The van der Waals surface area contributed by atoms with E-state index in [2.05, 4.69) is 9.72 Å². The molecule has 5 nitrogen and oxygen atoms in total. The highest BCUT2D eigenvalue weighted by Gasteiger charge is 2.39. The molecule has 1 atom stereocenters. The Kier molecular flexibility index (Phi) is 3.48. The van der Waals surface area contributed by atoms with Gasteiger partial charge in [0.05, 0.1) is 13.0 Å². The van der Waals surface area contributed by atoms with Gasteiger partial charge in [0, 0.05) is 18.3 Å². The zero-order valence-electron chi connectivity index (χ0n) is 9.73. The summed E-state index contributed by atoms with van der Waals surface area (Å²) in [5.74, 6) is -1.64. The lowest BCUT2D eigenvalue weighted by atomic mass is 10.1. The molecule has 0 aromatic carbocycles. The molecule has 0 aliphatic carbocycles. The third kappa shape index (κ3) is 2.70. The van der Waals surface area contributed by atoms with Gasteiger partial charge in [0.15, 0.2) is 10.8 Å². The molecule has 1 aromatic rings. The minimum absolute atomic E-state index is 0.00365. The van der Waals surface area contributed by atoms with Crippen molar-refractivity contribution < 1.29 is 27.5 Å². The fraction of sp³-hybridized carbons (Fsp3) is 0.500. The highest BCUT2D eigenvalue weighted by Crippen LogP contribution is 2.35. The zero-order chi connectivity index (χ0) is 14.2. The molecule has 0 N–H and O–H groups in total. The highest BCUT2D eigenvalue weighted by molar-refractivity contribution is 7.14. The lowest BCUT2D eigenvalue weighted by Gasteiger charge is -2.12. The lowest BCUT2D eigenvalue weighted by molar-refractivity contribution is -0.145. The molecule has 1 amide bonds. The van der Waals surface area contributed by atoms with E-state index in [1.807, 2.05) is 0 Å². The number of amides is 1. The molecule has 104 valence electrons. The van der Waals surface area contributed by atoms with Crippen LogP contribution in [0.1, 0.15) is 12.1 Å². The van der Waals surface area contributed by atoms with Gasteiger partial charge in [-0.15, -0.1) is 11.3 Å². The fourth-order valence-corrected chi connectivity index (χ4v) is 2.59. The van der Waals surface area contributed by atoms with Crippen LogP contribution < -0.4 is 4.90 Å². The SMILES string of the molecule is COC(=O)C1CC(=O)N(c2nc(C(F)(F)F)cs2)C1. The Morgan fingerprint density at radius 1 is 1.58 bits per heavy atom. The van der Waals surface area contributed by atoms with Gasteiger partial charge in [-0.2, -0.15) is 13.2 Å². The third-order valence-electron chi connectivity index (χ3n) is 2.67. The number of carbonyl (C=O) groups is 2. The van der Waals surface area contributed by atoms with Gasteiger partial charge in [-0.1, -0.05) is 0 Å². The van der Waals surface area contributed by atoms with E-state index < -0.39 is 29.7 Å². The molecule has 1 aliphatic rings. The van der Waals surface area contributed by atoms with Crippen LogP contribution in [0.15, 0.2) is 5.38 Å². The maximum Gasteiger partial charge on any atom is 0.434 e. The number of ether oxygens (including phenoxy) is 1. The summed E-state index contributed by atoms with van der Waals surface area (Å²) in [5, 5.41) is 0.789. The number of hydrogen-bond acceptors (Lipinski definition) is 5. The first-order valence-electron chi connectivity index (χ1n) is 5.24. The Balaban J connectivity index is 2.17. The minimum atomic E-state index is -4.54. The number of rotatable bonds is 2. The van der Waals surface area contributed by atoms with Gasteiger partial charge in [0.2, 0.25) is 5.91 Å². The topological polar surface area (TPSA) is 59.5 Å². The van der Waals surface area contributed by atoms with Crippen molar-refractivity contribution in [3.63, 3.8) is 0 Å². The molecule has 1 saturated heterocycles. The first-order chi connectivity index (χ1) is 8.82. The maximum atomic E-state index is 12.4. The van der Waals surface area contributed by atoms with Gasteiger partial charge in [0.1, 0.15) is 0 Å². The molecule has 0 spiro atoms. The number of nitrogens with zero attached hydrogens (tertiary/aromatic N) is 2. The number of hydrogen-bond donors (Lipinski definition) is 0. The fourth-order valence-electron chi connectivity index (χ4n) is 1.74. The van der Waals surface area contributed by atoms with E-state index in [0.717, 1.165) is 21.6 Å². The van der Waals surface area contributed by atoms with Crippen molar-refractivity contribution in [2.75, 3.05) is 18.6 Å². The van der Waals surface area contributed by atoms with Gasteiger partial charge in [0.25, 0.3) is 0 Å². The smallest absolute Gasteiger partial charge is 0.434 e. The summed E-state index contributed by atoms with van der Waals surface area (Å²) in [6.07, 6.45) is -4.62. The predicted molar refractivity (Wildman–Crippen MR) is 59.6 cm³/mol. The van der Waals surface area contributed by atoms with Crippen LogP contribution in [0.4, 0.5) is 18.3 Å². The van der Waals surface area contributed by atoms with E-state index in [-0.39, 0.29) is 18.1 Å². The molecular weight excluding hydrogens is 285 g/mol. The number of alkyl halides is 3. The summed E-state index contributed by atoms with van der Waals surface area (Å²) in [6, 6.07) is 0.